The first-order valence-corrected chi connectivity index (χ1v) is 3.32. The van der Waals surface area contributed by atoms with E-state index in [1.807, 2.05) is 0 Å². The summed E-state index contributed by atoms with van der Waals surface area (Å²) in [7, 11) is 0. The number of aryl methyl sites for hydroxylation is 1. The zero-order valence-electron chi connectivity index (χ0n) is 5.99. The van der Waals surface area contributed by atoms with Gasteiger partial charge < -0.3 is 10.5 Å². The molecule has 0 aromatic carbocycles. The lowest BCUT2D eigenvalue weighted by atomic mass is 10.4. The third-order valence-electron chi connectivity index (χ3n) is 1.53. The zero-order valence-corrected chi connectivity index (χ0v) is 6.80. The van der Waals surface area contributed by atoms with Crippen LogP contribution in [0, 0.1) is 0 Å². The van der Waals surface area contributed by atoms with Crippen LogP contribution in [-0.2, 0) is 6.54 Å². The maximum atomic E-state index is 5.45. The Morgan fingerprint density at radius 3 is 3.18 bits per heavy atom. The number of hydrogen-bond acceptors (Lipinski definition) is 3. The zero-order chi connectivity index (χ0) is 6.97. The number of halogens is 1. The van der Waals surface area contributed by atoms with E-state index >= 15 is 0 Å². The van der Waals surface area contributed by atoms with Crippen molar-refractivity contribution < 1.29 is 4.74 Å². The van der Waals surface area contributed by atoms with Crippen molar-refractivity contribution in [2.24, 2.45) is 0 Å². The lowest BCUT2D eigenvalue weighted by Crippen LogP contribution is -2.14. The molecular formula is C6H10ClN3O. The molecule has 0 amide bonds. The summed E-state index contributed by atoms with van der Waals surface area (Å²) >= 11 is 0. The van der Waals surface area contributed by atoms with Crippen molar-refractivity contribution in [2.45, 2.75) is 13.0 Å². The normalized spacial score (nSPS) is 14.5. The Labute approximate surface area is 70.7 Å². The van der Waals surface area contributed by atoms with E-state index in [4.69, 9.17) is 10.5 Å². The Morgan fingerprint density at radius 1 is 1.64 bits per heavy atom. The van der Waals surface area contributed by atoms with Gasteiger partial charge in [0.1, 0.15) is 5.82 Å². The summed E-state index contributed by atoms with van der Waals surface area (Å²) in [5.74, 6) is 1.33. The molecule has 11 heavy (non-hydrogen) atoms. The molecule has 62 valence electrons. The molecule has 0 atom stereocenters. The minimum Gasteiger partial charge on any atom is -0.478 e. The molecule has 0 saturated carbocycles. The first-order valence-electron chi connectivity index (χ1n) is 3.32. The molecule has 0 radical (unpaired) electrons. The standard InChI is InChI=1S/C6H9N3O.ClH/c7-5-4-6-9(8-5)2-1-3-10-6;/h4H,1-3H2,(H2,7,8);1H. The molecule has 2 heterocycles. The first kappa shape index (κ1) is 8.20. The second-order valence-corrected chi connectivity index (χ2v) is 2.33. The van der Waals surface area contributed by atoms with Crippen molar-refractivity contribution in [3.05, 3.63) is 6.07 Å². The average molecular weight is 176 g/mol. The molecule has 0 fully saturated rings. The fraction of sp³-hybridized carbons (Fsp3) is 0.500. The predicted octanol–water partition coefficient (Wildman–Crippen LogP) is 0.670. The molecular weight excluding hydrogens is 166 g/mol. The third kappa shape index (κ3) is 1.40. The summed E-state index contributed by atoms with van der Waals surface area (Å²) in [6.45, 7) is 1.71. The van der Waals surface area contributed by atoms with E-state index in [9.17, 15) is 0 Å². The molecule has 1 aromatic heterocycles. The molecule has 0 spiro atoms. The topological polar surface area (TPSA) is 53.1 Å². The fourth-order valence-electron chi connectivity index (χ4n) is 1.09. The van der Waals surface area contributed by atoms with Crippen LogP contribution >= 0.6 is 12.4 Å². The predicted molar refractivity (Wildman–Crippen MR) is 44.0 cm³/mol. The van der Waals surface area contributed by atoms with Crippen LogP contribution in [0.15, 0.2) is 6.07 Å². The number of rotatable bonds is 0. The van der Waals surface area contributed by atoms with Gasteiger partial charge in [0, 0.05) is 19.0 Å². The van der Waals surface area contributed by atoms with Crippen LogP contribution in [0.4, 0.5) is 5.82 Å². The fourth-order valence-corrected chi connectivity index (χ4v) is 1.09. The largest absolute Gasteiger partial charge is 0.478 e. The van der Waals surface area contributed by atoms with Gasteiger partial charge in [0.05, 0.1) is 6.61 Å². The van der Waals surface area contributed by atoms with Crippen molar-refractivity contribution >= 4 is 18.2 Å². The smallest absolute Gasteiger partial charge is 0.213 e. The van der Waals surface area contributed by atoms with E-state index in [1.165, 1.54) is 0 Å². The number of anilines is 1. The first-order chi connectivity index (χ1) is 4.86. The molecule has 0 bridgehead atoms. The van der Waals surface area contributed by atoms with Gasteiger partial charge in [0.25, 0.3) is 0 Å². The maximum absolute atomic E-state index is 5.45. The van der Waals surface area contributed by atoms with E-state index in [0.29, 0.717) is 5.82 Å². The van der Waals surface area contributed by atoms with Gasteiger partial charge >= 0.3 is 0 Å². The minimum absolute atomic E-state index is 0. The second-order valence-electron chi connectivity index (χ2n) is 2.33. The molecule has 1 aliphatic heterocycles. The summed E-state index contributed by atoms with van der Waals surface area (Å²) in [5.41, 5.74) is 5.45. The molecule has 0 saturated heterocycles. The van der Waals surface area contributed by atoms with Crippen LogP contribution in [0.1, 0.15) is 6.42 Å². The third-order valence-corrected chi connectivity index (χ3v) is 1.53. The van der Waals surface area contributed by atoms with Crippen LogP contribution in [0.2, 0.25) is 0 Å². The number of fused-ring (bicyclic) bond motifs is 1. The summed E-state index contributed by atoms with van der Waals surface area (Å²) in [6, 6.07) is 1.75. The molecule has 0 unspecified atom stereocenters. The van der Waals surface area contributed by atoms with Crippen molar-refractivity contribution in [1.29, 1.82) is 0 Å². The molecule has 4 nitrogen and oxygen atoms in total. The molecule has 1 aliphatic rings. The number of nitrogens with zero attached hydrogens (tertiary/aromatic N) is 2. The molecule has 5 heteroatoms. The van der Waals surface area contributed by atoms with Gasteiger partial charge in [-0.15, -0.1) is 12.4 Å². The Balaban J connectivity index is 0.000000605. The molecule has 2 rings (SSSR count). The van der Waals surface area contributed by atoms with Crippen LogP contribution in [-0.4, -0.2) is 16.4 Å². The highest BCUT2D eigenvalue weighted by Crippen LogP contribution is 2.18. The van der Waals surface area contributed by atoms with Crippen LogP contribution < -0.4 is 10.5 Å². The number of hydrogen-bond donors (Lipinski definition) is 1. The lowest BCUT2D eigenvalue weighted by molar-refractivity contribution is 0.230. The second kappa shape index (κ2) is 3.00. The van der Waals surface area contributed by atoms with Gasteiger partial charge in [0.2, 0.25) is 5.88 Å². The molecule has 2 N–H and O–H groups in total. The van der Waals surface area contributed by atoms with E-state index < -0.39 is 0 Å². The summed E-state index contributed by atoms with van der Waals surface area (Å²) in [5, 5.41) is 4.02. The number of ether oxygens (including phenoxy) is 1. The van der Waals surface area contributed by atoms with Gasteiger partial charge in [-0.05, 0) is 0 Å². The minimum atomic E-state index is 0. The summed E-state index contributed by atoms with van der Waals surface area (Å²) < 4.78 is 7.06. The van der Waals surface area contributed by atoms with Crippen molar-refractivity contribution in [2.75, 3.05) is 12.3 Å². The van der Waals surface area contributed by atoms with E-state index in [-0.39, 0.29) is 12.4 Å². The van der Waals surface area contributed by atoms with Gasteiger partial charge in [-0.2, -0.15) is 5.10 Å². The quantitative estimate of drug-likeness (QED) is 0.631. The monoisotopic (exact) mass is 175 g/mol. The Hall–Kier alpha value is -0.900. The summed E-state index contributed by atoms with van der Waals surface area (Å²) in [6.07, 6.45) is 1.02. The Bertz CT molecular complexity index is 224. The molecule has 0 aliphatic carbocycles. The maximum Gasteiger partial charge on any atom is 0.213 e. The van der Waals surface area contributed by atoms with E-state index in [1.54, 1.807) is 10.7 Å². The van der Waals surface area contributed by atoms with Gasteiger partial charge in [-0.3, -0.25) is 0 Å². The van der Waals surface area contributed by atoms with Crippen LogP contribution in [0.25, 0.3) is 0 Å². The van der Waals surface area contributed by atoms with Gasteiger partial charge in [0.15, 0.2) is 0 Å². The van der Waals surface area contributed by atoms with E-state index in [0.717, 1.165) is 25.5 Å². The van der Waals surface area contributed by atoms with Crippen molar-refractivity contribution in [3.8, 4) is 5.88 Å². The number of aromatic nitrogens is 2. The van der Waals surface area contributed by atoms with Crippen LogP contribution in [0.3, 0.4) is 0 Å². The Kier molecular flexibility index (Phi) is 2.24. The summed E-state index contributed by atoms with van der Waals surface area (Å²) in [4.78, 5) is 0. The van der Waals surface area contributed by atoms with Crippen LogP contribution in [0.5, 0.6) is 5.88 Å². The number of nitrogens with two attached hydrogens (primary N) is 1. The van der Waals surface area contributed by atoms with Gasteiger partial charge in [-0.25, -0.2) is 4.68 Å². The highest BCUT2D eigenvalue weighted by atomic mass is 35.5. The van der Waals surface area contributed by atoms with Crippen molar-refractivity contribution in [3.63, 3.8) is 0 Å². The molecule has 1 aromatic rings. The van der Waals surface area contributed by atoms with E-state index in [2.05, 4.69) is 5.10 Å². The number of nitrogen functional groups attached to an aromatic ring is 1. The van der Waals surface area contributed by atoms with Crippen molar-refractivity contribution in [1.82, 2.24) is 9.78 Å². The van der Waals surface area contributed by atoms with Gasteiger partial charge in [-0.1, -0.05) is 0 Å². The average Bonchev–Trinajstić information content (AvgIpc) is 2.27. The lowest BCUT2D eigenvalue weighted by Gasteiger charge is -2.13. The highest BCUT2D eigenvalue weighted by Gasteiger charge is 2.10. The highest BCUT2D eigenvalue weighted by molar-refractivity contribution is 5.85. The SMILES string of the molecule is Cl.Nc1cc2n(n1)CCCO2. The Morgan fingerprint density at radius 2 is 2.45 bits per heavy atom.